The molecule has 0 atom stereocenters. The van der Waals surface area contributed by atoms with Crippen LogP contribution in [0.15, 0.2) is 34.6 Å². The number of aromatic amines is 1. The van der Waals surface area contributed by atoms with E-state index in [1.807, 2.05) is 0 Å². The second-order valence-corrected chi connectivity index (χ2v) is 9.11. The highest BCUT2D eigenvalue weighted by atomic mass is 32.1. The first kappa shape index (κ1) is 22.9. The molecule has 1 fully saturated rings. The predicted octanol–water partition coefficient (Wildman–Crippen LogP) is 1.98. The summed E-state index contributed by atoms with van der Waals surface area (Å²) in [7, 11) is 0. The molecule has 2 aromatic rings. The highest BCUT2D eigenvalue weighted by Gasteiger charge is 2.14. The van der Waals surface area contributed by atoms with Crippen LogP contribution in [0.2, 0.25) is 0 Å². The van der Waals surface area contributed by atoms with Crippen molar-refractivity contribution in [1.82, 2.24) is 14.9 Å². The van der Waals surface area contributed by atoms with Crippen LogP contribution in [0.4, 0.5) is 0 Å². The van der Waals surface area contributed by atoms with Gasteiger partial charge in [0.15, 0.2) is 4.77 Å². The third-order valence-corrected chi connectivity index (χ3v) is 6.80. The quantitative estimate of drug-likeness (QED) is 0.322. The Labute approximate surface area is 193 Å². The molecular formula is C24H33N4O3S+. The number of nitrogens with zero attached hydrogens (tertiary/aromatic N) is 1. The molecule has 0 bridgehead atoms. The lowest BCUT2D eigenvalue weighted by Gasteiger charge is -2.23. The molecule has 8 heteroatoms. The van der Waals surface area contributed by atoms with Crippen molar-refractivity contribution >= 4 is 29.0 Å². The maximum absolute atomic E-state index is 13.0. The topological polar surface area (TPSA) is 80.6 Å². The van der Waals surface area contributed by atoms with Gasteiger partial charge in [0, 0.05) is 25.1 Å². The fourth-order valence-corrected chi connectivity index (χ4v) is 4.82. The van der Waals surface area contributed by atoms with E-state index >= 15 is 0 Å². The summed E-state index contributed by atoms with van der Waals surface area (Å²) in [6, 6.07) is 5.17. The van der Waals surface area contributed by atoms with Crippen molar-refractivity contribution in [3.8, 4) is 0 Å². The zero-order valence-corrected chi connectivity index (χ0v) is 19.4. The molecule has 2 aliphatic rings. The number of H-pyrrole nitrogens is 1. The molecule has 1 aromatic carbocycles. The maximum Gasteiger partial charge on any atom is 0.262 e. The Balaban J connectivity index is 1.38. The van der Waals surface area contributed by atoms with Crippen molar-refractivity contribution in [3.63, 3.8) is 0 Å². The highest BCUT2D eigenvalue weighted by Crippen LogP contribution is 2.20. The van der Waals surface area contributed by atoms with E-state index in [-0.39, 0.29) is 11.5 Å². The van der Waals surface area contributed by atoms with Gasteiger partial charge in [0.05, 0.1) is 30.7 Å². The molecule has 1 amide bonds. The molecule has 4 rings (SSSR count). The smallest absolute Gasteiger partial charge is 0.262 e. The van der Waals surface area contributed by atoms with Gasteiger partial charge in [-0.1, -0.05) is 11.6 Å². The predicted molar refractivity (Wildman–Crippen MR) is 128 cm³/mol. The SMILES string of the molecule is O=C(NCCC[NH+]1CCOCC1)c1ccc2c(=O)n(CCC3=CCCCC3)c(=S)[nH]c2c1. The molecule has 2 heterocycles. The Morgan fingerprint density at radius 1 is 1.25 bits per heavy atom. The van der Waals surface area contributed by atoms with Crippen LogP contribution >= 0.6 is 12.2 Å². The zero-order chi connectivity index (χ0) is 22.3. The summed E-state index contributed by atoms with van der Waals surface area (Å²) in [5.74, 6) is -0.128. The number of carbonyl (C=O) groups excluding carboxylic acids is 1. The number of morpholine rings is 1. The van der Waals surface area contributed by atoms with Crippen molar-refractivity contribution in [2.45, 2.75) is 45.1 Å². The van der Waals surface area contributed by atoms with Crippen LogP contribution < -0.4 is 15.8 Å². The van der Waals surface area contributed by atoms with Gasteiger partial charge in [-0.2, -0.15) is 0 Å². The van der Waals surface area contributed by atoms with Gasteiger partial charge in [-0.15, -0.1) is 0 Å². The van der Waals surface area contributed by atoms with Gasteiger partial charge in [-0.25, -0.2) is 0 Å². The lowest BCUT2D eigenvalue weighted by atomic mass is 9.97. The summed E-state index contributed by atoms with van der Waals surface area (Å²) in [6.45, 7) is 5.96. The van der Waals surface area contributed by atoms with E-state index in [4.69, 9.17) is 17.0 Å². The Bertz CT molecular complexity index is 1100. The Morgan fingerprint density at radius 2 is 2.09 bits per heavy atom. The van der Waals surface area contributed by atoms with Crippen molar-refractivity contribution in [3.05, 3.63) is 50.5 Å². The number of ether oxygens (including phenoxy) is 1. The van der Waals surface area contributed by atoms with Gasteiger partial charge in [0.2, 0.25) is 0 Å². The monoisotopic (exact) mass is 457 g/mol. The van der Waals surface area contributed by atoms with Crippen LogP contribution in [0.1, 0.15) is 48.9 Å². The number of nitrogens with one attached hydrogen (secondary N) is 3. The second-order valence-electron chi connectivity index (χ2n) is 8.73. The van der Waals surface area contributed by atoms with Gasteiger partial charge in [0.1, 0.15) is 13.1 Å². The molecule has 0 saturated carbocycles. The van der Waals surface area contributed by atoms with E-state index in [1.54, 1.807) is 22.8 Å². The first-order valence-corrected chi connectivity index (χ1v) is 12.2. The van der Waals surface area contributed by atoms with Gasteiger partial charge < -0.3 is 19.9 Å². The van der Waals surface area contributed by atoms with Crippen LogP contribution in [0, 0.1) is 4.77 Å². The van der Waals surface area contributed by atoms with Crippen molar-refractivity contribution in [2.75, 3.05) is 39.4 Å². The Hall–Kier alpha value is -2.29. The molecule has 7 nitrogen and oxygen atoms in total. The molecule has 32 heavy (non-hydrogen) atoms. The first-order chi connectivity index (χ1) is 15.6. The number of benzene rings is 1. The van der Waals surface area contributed by atoms with E-state index in [9.17, 15) is 9.59 Å². The maximum atomic E-state index is 13.0. The average Bonchev–Trinajstić information content (AvgIpc) is 2.82. The van der Waals surface area contributed by atoms with E-state index in [2.05, 4.69) is 16.4 Å². The van der Waals surface area contributed by atoms with Crippen molar-refractivity contribution < 1.29 is 14.4 Å². The zero-order valence-electron chi connectivity index (χ0n) is 18.6. The second kappa shape index (κ2) is 11.0. The number of aromatic nitrogens is 2. The van der Waals surface area contributed by atoms with Crippen LogP contribution in [0.5, 0.6) is 0 Å². The number of fused-ring (bicyclic) bond motifs is 1. The average molecular weight is 458 g/mol. The van der Waals surface area contributed by atoms with Crippen LogP contribution in [0.25, 0.3) is 10.9 Å². The van der Waals surface area contributed by atoms with Gasteiger partial charge in [-0.3, -0.25) is 14.2 Å². The minimum atomic E-state index is -0.128. The number of allylic oxidation sites excluding steroid dienone is 2. The number of hydrogen-bond donors (Lipinski definition) is 3. The summed E-state index contributed by atoms with van der Waals surface area (Å²) >= 11 is 5.47. The molecule has 1 aliphatic heterocycles. The fourth-order valence-electron chi connectivity index (χ4n) is 4.54. The van der Waals surface area contributed by atoms with Crippen LogP contribution in [0.3, 0.4) is 0 Å². The summed E-state index contributed by atoms with van der Waals surface area (Å²) in [5.41, 5.74) is 2.46. The number of rotatable bonds is 8. The molecule has 1 aliphatic carbocycles. The van der Waals surface area contributed by atoms with E-state index in [0.29, 0.717) is 34.3 Å². The molecule has 0 radical (unpaired) electrons. The minimum absolute atomic E-state index is 0.0967. The third-order valence-electron chi connectivity index (χ3n) is 6.48. The van der Waals surface area contributed by atoms with Crippen molar-refractivity contribution in [2.24, 2.45) is 0 Å². The number of hydrogen-bond acceptors (Lipinski definition) is 4. The van der Waals surface area contributed by atoms with E-state index < -0.39 is 0 Å². The van der Waals surface area contributed by atoms with E-state index in [0.717, 1.165) is 58.5 Å². The molecular weight excluding hydrogens is 424 g/mol. The number of quaternary nitrogens is 1. The van der Waals surface area contributed by atoms with Crippen LogP contribution in [-0.4, -0.2) is 54.9 Å². The summed E-state index contributed by atoms with van der Waals surface area (Å²) in [4.78, 5) is 30.3. The summed E-state index contributed by atoms with van der Waals surface area (Å²) in [6.07, 6.45) is 8.82. The van der Waals surface area contributed by atoms with Gasteiger partial charge in [-0.05, 0) is 62.5 Å². The third kappa shape index (κ3) is 5.74. The Kier molecular flexibility index (Phi) is 7.89. The molecule has 0 unspecified atom stereocenters. The van der Waals surface area contributed by atoms with Gasteiger partial charge in [0.25, 0.3) is 11.5 Å². The largest absolute Gasteiger partial charge is 0.370 e. The minimum Gasteiger partial charge on any atom is -0.370 e. The standard InChI is InChI=1S/C24H32N4O3S/c29-22(25-10-4-11-27-13-15-31-16-14-27)19-7-8-20-21(17-19)26-24(32)28(23(20)30)12-9-18-5-2-1-3-6-18/h5,7-8,17H,1-4,6,9-16H2,(H,25,29)(H,26,32)/p+1. The number of carbonyl (C=O) groups is 1. The lowest BCUT2D eigenvalue weighted by molar-refractivity contribution is -0.908. The lowest BCUT2D eigenvalue weighted by Crippen LogP contribution is -3.14. The highest BCUT2D eigenvalue weighted by molar-refractivity contribution is 7.71. The van der Waals surface area contributed by atoms with E-state index in [1.165, 1.54) is 23.3 Å². The molecule has 172 valence electrons. The fraction of sp³-hybridized carbons (Fsp3) is 0.542. The molecule has 1 aromatic heterocycles. The molecule has 1 saturated heterocycles. The first-order valence-electron chi connectivity index (χ1n) is 11.8. The van der Waals surface area contributed by atoms with Crippen LogP contribution in [-0.2, 0) is 11.3 Å². The summed E-state index contributed by atoms with van der Waals surface area (Å²) < 4.78 is 7.42. The Morgan fingerprint density at radius 3 is 2.88 bits per heavy atom. The normalized spacial score (nSPS) is 17.3. The molecule has 3 N–H and O–H groups in total. The molecule has 0 spiro atoms. The number of amides is 1. The summed E-state index contributed by atoms with van der Waals surface area (Å²) in [5, 5.41) is 3.55. The van der Waals surface area contributed by atoms with Crippen molar-refractivity contribution in [1.29, 1.82) is 0 Å². The van der Waals surface area contributed by atoms with Gasteiger partial charge >= 0.3 is 0 Å².